The van der Waals surface area contributed by atoms with Crippen LogP contribution in [0.15, 0.2) is 36.9 Å². The summed E-state index contributed by atoms with van der Waals surface area (Å²) in [5.74, 6) is 0.203. The van der Waals surface area contributed by atoms with Crippen LogP contribution in [0.5, 0.6) is 5.75 Å². The Bertz CT molecular complexity index is 622. The van der Waals surface area contributed by atoms with Gasteiger partial charge in [-0.15, -0.1) is 0 Å². The highest BCUT2D eigenvalue weighted by atomic mass is 16.5. The first kappa shape index (κ1) is 14.1. The zero-order valence-corrected chi connectivity index (χ0v) is 11.8. The number of imidazole rings is 1. The summed E-state index contributed by atoms with van der Waals surface area (Å²) >= 11 is 0. The maximum absolute atomic E-state index is 12.0. The lowest BCUT2D eigenvalue weighted by atomic mass is 10.2. The molecule has 0 atom stereocenters. The Hall–Kier alpha value is -2.34. The van der Waals surface area contributed by atoms with Gasteiger partial charge in [0.15, 0.2) is 6.54 Å². The first-order chi connectivity index (χ1) is 9.51. The first-order valence-electron chi connectivity index (χ1n) is 6.18. The summed E-state index contributed by atoms with van der Waals surface area (Å²) < 4.78 is 8.69. The number of anilines is 1. The van der Waals surface area contributed by atoms with Crippen molar-refractivity contribution < 1.29 is 19.3 Å². The van der Waals surface area contributed by atoms with Crippen molar-refractivity contribution in [1.82, 2.24) is 4.57 Å². The van der Waals surface area contributed by atoms with Gasteiger partial charge in [0.25, 0.3) is 5.91 Å². The molecule has 0 fully saturated rings. The van der Waals surface area contributed by atoms with Crippen molar-refractivity contribution in [2.75, 3.05) is 12.2 Å². The molecule has 1 amide bonds. The number of hydrogen-bond donors (Lipinski definition) is 1. The number of carbonyl (C=O) groups is 1. The molecule has 0 unspecified atom stereocenters. The summed E-state index contributed by atoms with van der Waals surface area (Å²) in [5, 5.41) is 10.6. The number of carbonyl (C=O) groups excluding carboxylic acids is 1. The molecule has 0 aliphatic rings. The van der Waals surface area contributed by atoms with Gasteiger partial charge in [0.1, 0.15) is 18.1 Å². The summed E-state index contributed by atoms with van der Waals surface area (Å²) in [6, 6.07) is 5.09. The van der Waals surface area contributed by atoms with Gasteiger partial charge in [-0.25, -0.2) is 9.13 Å². The molecule has 1 aromatic carbocycles. The van der Waals surface area contributed by atoms with Gasteiger partial charge in [-0.05, 0) is 18.6 Å². The molecule has 1 N–H and O–H groups in total. The molecule has 106 valence electrons. The van der Waals surface area contributed by atoms with Crippen molar-refractivity contribution in [2.45, 2.75) is 13.5 Å². The number of hydroxylamine groups is 1. The molecule has 0 spiro atoms. The number of hydrogen-bond acceptors (Lipinski definition) is 3. The molecule has 0 saturated carbocycles. The number of methoxy groups -OCH3 is 1. The topological polar surface area (TPSA) is 58.6 Å². The highest BCUT2D eigenvalue weighted by molar-refractivity contribution is 5.91. The lowest BCUT2D eigenvalue weighted by Gasteiger charge is -2.15. The SMILES string of the molecule is COc1cc(N(O)C(=O)Cn2cc[n+](C)c2)ccc1C. The van der Waals surface area contributed by atoms with Crippen LogP contribution in [0.4, 0.5) is 5.69 Å². The predicted octanol–water partition coefficient (Wildman–Crippen LogP) is 1.05. The lowest BCUT2D eigenvalue weighted by Crippen LogP contribution is -2.31. The quantitative estimate of drug-likeness (QED) is 0.516. The van der Waals surface area contributed by atoms with Gasteiger partial charge in [0, 0.05) is 6.07 Å². The van der Waals surface area contributed by atoms with Crippen molar-refractivity contribution in [3.05, 3.63) is 42.5 Å². The van der Waals surface area contributed by atoms with Crippen LogP contribution in [0.25, 0.3) is 0 Å². The minimum atomic E-state index is -0.424. The van der Waals surface area contributed by atoms with Crippen LogP contribution in [0.3, 0.4) is 0 Å². The Morgan fingerprint density at radius 1 is 1.50 bits per heavy atom. The molecular formula is C14H18N3O3+. The Labute approximate surface area is 117 Å². The van der Waals surface area contributed by atoms with E-state index < -0.39 is 5.91 Å². The van der Waals surface area contributed by atoms with Crippen LogP contribution in [-0.4, -0.2) is 22.8 Å². The van der Waals surface area contributed by atoms with Crippen LogP contribution in [0.1, 0.15) is 5.56 Å². The molecule has 6 nitrogen and oxygen atoms in total. The molecule has 2 aromatic rings. The fraction of sp³-hybridized carbons (Fsp3) is 0.286. The van der Waals surface area contributed by atoms with Gasteiger partial charge < -0.3 is 4.74 Å². The molecule has 0 radical (unpaired) electrons. The highest BCUT2D eigenvalue weighted by Crippen LogP contribution is 2.24. The molecule has 0 saturated heterocycles. The van der Waals surface area contributed by atoms with Gasteiger partial charge in [0.2, 0.25) is 6.33 Å². The van der Waals surface area contributed by atoms with Gasteiger partial charge in [-0.3, -0.25) is 10.0 Å². The van der Waals surface area contributed by atoms with E-state index in [2.05, 4.69) is 0 Å². The van der Waals surface area contributed by atoms with Crippen molar-refractivity contribution in [3.8, 4) is 5.75 Å². The Morgan fingerprint density at radius 3 is 2.85 bits per heavy atom. The standard InChI is InChI=1S/C14H18N3O3/c1-11-4-5-12(8-13(11)20-3)17(19)14(18)9-16-7-6-15(2)10-16/h4-8,10,19H,9H2,1-3H3/q+1. The monoisotopic (exact) mass is 276 g/mol. The molecule has 1 heterocycles. The Kier molecular flexibility index (Phi) is 4.05. The maximum Gasteiger partial charge on any atom is 0.292 e. The zero-order valence-electron chi connectivity index (χ0n) is 11.8. The minimum absolute atomic E-state index is 0.0630. The van der Waals surface area contributed by atoms with E-state index in [1.165, 1.54) is 0 Å². The first-order valence-corrected chi connectivity index (χ1v) is 6.18. The smallest absolute Gasteiger partial charge is 0.292 e. The molecular weight excluding hydrogens is 258 g/mol. The normalized spacial score (nSPS) is 10.4. The molecule has 20 heavy (non-hydrogen) atoms. The molecule has 0 aliphatic heterocycles. The third kappa shape index (κ3) is 2.97. The van der Waals surface area contributed by atoms with E-state index in [9.17, 15) is 10.0 Å². The van der Waals surface area contributed by atoms with E-state index in [0.29, 0.717) is 16.5 Å². The van der Waals surface area contributed by atoms with E-state index in [1.807, 2.05) is 24.7 Å². The zero-order chi connectivity index (χ0) is 14.7. The highest BCUT2D eigenvalue weighted by Gasteiger charge is 2.17. The number of amides is 1. The van der Waals surface area contributed by atoms with Crippen molar-refractivity contribution in [1.29, 1.82) is 0 Å². The van der Waals surface area contributed by atoms with Gasteiger partial charge in [0.05, 0.1) is 19.8 Å². The number of ether oxygens (including phenoxy) is 1. The van der Waals surface area contributed by atoms with E-state index in [4.69, 9.17) is 4.74 Å². The van der Waals surface area contributed by atoms with Crippen molar-refractivity contribution >= 4 is 11.6 Å². The second-order valence-electron chi connectivity index (χ2n) is 4.61. The van der Waals surface area contributed by atoms with Crippen molar-refractivity contribution in [3.63, 3.8) is 0 Å². The van der Waals surface area contributed by atoms with Crippen LogP contribution < -0.4 is 14.4 Å². The maximum atomic E-state index is 12.0. The number of nitrogens with zero attached hydrogens (tertiary/aromatic N) is 3. The molecule has 2 rings (SSSR count). The minimum Gasteiger partial charge on any atom is -0.496 e. The number of benzene rings is 1. The summed E-state index contributed by atoms with van der Waals surface area (Å²) in [6.45, 7) is 1.96. The van der Waals surface area contributed by atoms with Crippen LogP contribution in [0, 0.1) is 6.92 Å². The number of rotatable bonds is 4. The van der Waals surface area contributed by atoms with Gasteiger partial charge in [-0.1, -0.05) is 6.07 Å². The second-order valence-corrected chi connectivity index (χ2v) is 4.61. The fourth-order valence-electron chi connectivity index (χ4n) is 1.90. The number of aromatic nitrogens is 2. The van der Waals surface area contributed by atoms with Crippen molar-refractivity contribution in [2.24, 2.45) is 7.05 Å². The van der Waals surface area contributed by atoms with E-state index in [0.717, 1.165) is 5.56 Å². The summed E-state index contributed by atoms with van der Waals surface area (Å²) in [7, 11) is 3.41. The lowest BCUT2D eigenvalue weighted by molar-refractivity contribution is -0.671. The fourth-order valence-corrected chi connectivity index (χ4v) is 1.90. The summed E-state index contributed by atoms with van der Waals surface area (Å²) in [6.07, 6.45) is 5.35. The van der Waals surface area contributed by atoms with E-state index in [1.54, 1.807) is 42.4 Å². The average Bonchev–Trinajstić information content (AvgIpc) is 2.83. The Morgan fingerprint density at radius 2 is 2.25 bits per heavy atom. The van der Waals surface area contributed by atoms with Gasteiger partial charge in [-0.2, -0.15) is 5.06 Å². The summed E-state index contributed by atoms with van der Waals surface area (Å²) in [5.41, 5.74) is 1.32. The third-order valence-corrected chi connectivity index (χ3v) is 3.01. The van der Waals surface area contributed by atoms with Crippen LogP contribution >= 0.6 is 0 Å². The molecule has 0 aliphatic carbocycles. The number of aryl methyl sites for hydroxylation is 2. The van der Waals surface area contributed by atoms with Gasteiger partial charge >= 0.3 is 0 Å². The third-order valence-electron chi connectivity index (χ3n) is 3.01. The molecule has 6 heteroatoms. The second kappa shape index (κ2) is 5.75. The average molecular weight is 276 g/mol. The molecule has 0 bridgehead atoms. The van der Waals surface area contributed by atoms with E-state index in [-0.39, 0.29) is 6.54 Å². The van der Waals surface area contributed by atoms with Crippen LogP contribution in [-0.2, 0) is 18.4 Å². The van der Waals surface area contributed by atoms with E-state index >= 15 is 0 Å². The predicted molar refractivity (Wildman–Crippen MR) is 72.6 cm³/mol. The van der Waals surface area contributed by atoms with Crippen LogP contribution in [0.2, 0.25) is 0 Å². The largest absolute Gasteiger partial charge is 0.496 e. The Balaban J connectivity index is 2.14. The molecule has 1 aromatic heterocycles. The summed E-state index contributed by atoms with van der Waals surface area (Å²) in [4.78, 5) is 12.0.